The van der Waals surface area contributed by atoms with Gasteiger partial charge in [0.1, 0.15) is 5.75 Å². The highest BCUT2D eigenvalue weighted by Crippen LogP contribution is 2.29. The van der Waals surface area contributed by atoms with Gasteiger partial charge < -0.3 is 10.2 Å². The quantitative estimate of drug-likeness (QED) is 0.595. The third-order valence-corrected chi connectivity index (χ3v) is 6.30. The zero-order valence-electron chi connectivity index (χ0n) is 17.6. The Hall–Kier alpha value is -2.40. The van der Waals surface area contributed by atoms with Crippen LogP contribution in [0.25, 0.3) is 10.8 Å². The van der Waals surface area contributed by atoms with E-state index in [1.54, 1.807) is 0 Å². The molecule has 1 aliphatic heterocycles. The van der Waals surface area contributed by atoms with Crippen molar-refractivity contribution in [2.24, 2.45) is 0 Å². The van der Waals surface area contributed by atoms with E-state index < -0.39 is 0 Å². The molecule has 1 aliphatic rings. The summed E-state index contributed by atoms with van der Waals surface area (Å²) in [5, 5.41) is 22.4. The van der Waals surface area contributed by atoms with Gasteiger partial charge in [0.15, 0.2) is 0 Å². The number of nitrogens with zero attached hydrogens (tertiary/aromatic N) is 2. The van der Waals surface area contributed by atoms with Crippen LogP contribution in [0.4, 0.5) is 0 Å². The van der Waals surface area contributed by atoms with E-state index in [1.807, 2.05) is 24.3 Å². The number of benzene rings is 3. The van der Waals surface area contributed by atoms with Crippen LogP contribution >= 0.6 is 0 Å². The van der Waals surface area contributed by atoms with Crippen LogP contribution in [0.5, 0.6) is 5.75 Å². The Kier molecular flexibility index (Phi) is 7.00. The Morgan fingerprint density at radius 1 is 0.900 bits per heavy atom. The molecule has 3 aromatic rings. The van der Waals surface area contributed by atoms with E-state index in [-0.39, 0.29) is 6.61 Å². The fourth-order valence-electron chi connectivity index (χ4n) is 4.66. The third kappa shape index (κ3) is 5.01. The Balaban J connectivity index is 1.39. The second-order valence-electron chi connectivity index (χ2n) is 8.31. The van der Waals surface area contributed by atoms with Gasteiger partial charge in [-0.1, -0.05) is 60.7 Å². The van der Waals surface area contributed by atoms with Crippen LogP contribution < -0.4 is 0 Å². The van der Waals surface area contributed by atoms with Crippen LogP contribution in [0.1, 0.15) is 24.0 Å². The predicted molar refractivity (Wildman–Crippen MR) is 123 cm³/mol. The van der Waals surface area contributed by atoms with Gasteiger partial charge in [-0.3, -0.25) is 9.80 Å². The van der Waals surface area contributed by atoms with E-state index in [0.717, 1.165) is 68.3 Å². The summed E-state index contributed by atoms with van der Waals surface area (Å²) in [6.07, 6.45) is 3.02. The van der Waals surface area contributed by atoms with Crippen molar-refractivity contribution in [3.8, 4) is 5.75 Å². The molecule has 3 aromatic carbocycles. The fourth-order valence-corrected chi connectivity index (χ4v) is 4.66. The molecule has 4 heteroatoms. The van der Waals surface area contributed by atoms with Crippen molar-refractivity contribution < 1.29 is 10.2 Å². The molecule has 4 rings (SSSR count). The van der Waals surface area contributed by atoms with E-state index >= 15 is 0 Å². The van der Waals surface area contributed by atoms with Crippen molar-refractivity contribution in [1.29, 1.82) is 0 Å². The summed E-state index contributed by atoms with van der Waals surface area (Å²) < 4.78 is 0. The molecular weight excluding hydrogens is 372 g/mol. The smallest absolute Gasteiger partial charge is 0.120 e. The number of aromatic hydroxyl groups is 1. The van der Waals surface area contributed by atoms with Gasteiger partial charge in [-0.25, -0.2) is 0 Å². The van der Waals surface area contributed by atoms with E-state index in [1.165, 1.54) is 5.56 Å². The molecule has 0 aliphatic carbocycles. The molecule has 1 saturated heterocycles. The van der Waals surface area contributed by atoms with Gasteiger partial charge in [-0.05, 0) is 48.2 Å². The van der Waals surface area contributed by atoms with Crippen LogP contribution in [0, 0.1) is 0 Å². The minimum Gasteiger partial charge on any atom is -0.508 e. The number of phenolic OH excluding ortho intramolecular Hbond substituents is 1. The van der Waals surface area contributed by atoms with E-state index in [0.29, 0.717) is 11.8 Å². The van der Waals surface area contributed by atoms with Crippen molar-refractivity contribution >= 4 is 10.8 Å². The highest BCUT2D eigenvalue weighted by molar-refractivity contribution is 5.87. The number of hydrogen-bond donors (Lipinski definition) is 2. The van der Waals surface area contributed by atoms with Gasteiger partial charge in [-0.2, -0.15) is 0 Å². The highest BCUT2D eigenvalue weighted by atomic mass is 16.3. The Bertz CT molecular complexity index is 944. The summed E-state index contributed by atoms with van der Waals surface area (Å²) in [5.41, 5.74) is 2.40. The first kappa shape index (κ1) is 20.9. The molecule has 1 atom stereocenters. The van der Waals surface area contributed by atoms with Crippen LogP contribution in [-0.2, 0) is 13.0 Å². The summed E-state index contributed by atoms with van der Waals surface area (Å²) in [7, 11) is 0. The summed E-state index contributed by atoms with van der Waals surface area (Å²) >= 11 is 0. The second-order valence-corrected chi connectivity index (χ2v) is 8.31. The van der Waals surface area contributed by atoms with Crippen LogP contribution in [-0.4, -0.2) is 58.8 Å². The molecule has 0 radical (unpaired) electrons. The topological polar surface area (TPSA) is 46.9 Å². The van der Waals surface area contributed by atoms with Crippen LogP contribution in [0.3, 0.4) is 0 Å². The summed E-state index contributed by atoms with van der Waals surface area (Å²) in [6.45, 7) is 4.93. The molecule has 158 valence electrons. The van der Waals surface area contributed by atoms with Gasteiger partial charge >= 0.3 is 0 Å². The molecular formula is C26H32N2O2. The third-order valence-electron chi connectivity index (χ3n) is 6.30. The molecule has 2 N–H and O–H groups in total. The van der Waals surface area contributed by atoms with Gasteiger partial charge in [-0.15, -0.1) is 0 Å². The lowest BCUT2D eigenvalue weighted by Gasteiger charge is -2.41. The molecule has 0 spiro atoms. The van der Waals surface area contributed by atoms with Crippen molar-refractivity contribution in [3.05, 3.63) is 77.9 Å². The second kappa shape index (κ2) is 10.1. The van der Waals surface area contributed by atoms with Crippen LogP contribution in [0.15, 0.2) is 66.7 Å². The molecule has 0 bridgehead atoms. The Morgan fingerprint density at radius 2 is 1.70 bits per heavy atom. The number of aliphatic hydroxyl groups is 1. The Labute approximate surface area is 179 Å². The number of fused-ring (bicyclic) bond motifs is 1. The van der Waals surface area contributed by atoms with Gasteiger partial charge in [0.25, 0.3) is 0 Å². The molecule has 30 heavy (non-hydrogen) atoms. The summed E-state index contributed by atoms with van der Waals surface area (Å²) in [6, 6.07) is 23.1. The first-order chi connectivity index (χ1) is 14.7. The maximum Gasteiger partial charge on any atom is 0.120 e. The minimum atomic E-state index is 0.215. The normalized spacial score (nSPS) is 18.1. The lowest BCUT2D eigenvalue weighted by atomic mass is 10.0. The standard InChI is InChI=1S/C26H32N2O2/c29-18-14-23-19-27(16-17-28(23)15-6-9-21-7-2-1-3-8-21)20-25-24-11-5-4-10-22(24)12-13-26(25)30/h1-5,7-8,10-13,23,29-30H,6,9,14-20H2. The average Bonchev–Trinajstić information content (AvgIpc) is 2.78. The summed E-state index contributed by atoms with van der Waals surface area (Å²) in [4.78, 5) is 4.97. The number of phenols is 1. The zero-order valence-corrected chi connectivity index (χ0v) is 17.6. The molecule has 1 heterocycles. The molecule has 0 amide bonds. The first-order valence-electron chi connectivity index (χ1n) is 11.1. The van der Waals surface area contributed by atoms with Crippen molar-refractivity contribution in [1.82, 2.24) is 9.80 Å². The first-order valence-corrected chi connectivity index (χ1v) is 11.1. The predicted octanol–water partition coefficient (Wildman–Crippen LogP) is 4.05. The maximum absolute atomic E-state index is 10.5. The average molecular weight is 405 g/mol. The molecule has 0 saturated carbocycles. The largest absolute Gasteiger partial charge is 0.508 e. The minimum absolute atomic E-state index is 0.215. The SMILES string of the molecule is OCCC1CN(Cc2c(O)ccc3ccccc23)CCN1CCCc1ccccc1. The van der Waals surface area contributed by atoms with Gasteiger partial charge in [0.05, 0.1) is 0 Å². The lowest BCUT2D eigenvalue weighted by molar-refractivity contribution is 0.0545. The van der Waals surface area contributed by atoms with Crippen molar-refractivity contribution in [2.45, 2.75) is 31.8 Å². The summed E-state index contributed by atoms with van der Waals surface area (Å²) in [5.74, 6) is 0.373. The highest BCUT2D eigenvalue weighted by Gasteiger charge is 2.27. The number of piperazine rings is 1. The fraction of sp³-hybridized carbons (Fsp3) is 0.385. The Morgan fingerprint density at radius 3 is 2.53 bits per heavy atom. The molecule has 1 fully saturated rings. The van der Waals surface area contributed by atoms with Gasteiger partial charge in [0.2, 0.25) is 0 Å². The number of hydrogen-bond acceptors (Lipinski definition) is 4. The zero-order chi connectivity index (χ0) is 20.8. The number of aliphatic hydroxyl groups excluding tert-OH is 1. The monoisotopic (exact) mass is 404 g/mol. The van der Waals surface area contributed by atoms with Crippen molar-refractivity contribution in [2.75, 3.05) is 32.8 Å². The molecule has 1 unspecified atom stereocenters. The lowest BCUT2D eigenvalue weighted by Crippen LogP contribution is -2.53. The van der Waals surface area contributed by atoms with E-state index in [2.05, 4.69) is 52.3 Å². The molecule has 0 aromatic heterocycles. The van der Waals surface area contributed by atoms with E-state index in [9.17, 15) is 10.2 Å². The number of rotatable bonds is 8. The van der Waals surface area contributed by atoms with Crippen molar-refractivity contribution in [3.63, 3.8) is 0 Å². The van der Waals surface area contributed by atoms with Crippen LogP contribution in [0.2, 0.25) is 0 Å². The number of aryl methyl sites for hydroxylation is 1. The van der Waals surface area contributed by atoms with E-state index in [4.69, 9.17) is 0 Å². The van der Waals surface area contributed by atoms with Gasteiger partial charge in [0, 0.05) is 44.4 Å². The maximum atomic E-state index is 10.5. The molecule has 4 nitrogen and oxygen atoms in total.